The second-order valence-electron chi connectivity index (χ2n) is 4.61. The lowest BCUT2D eigenvalue weighted by Crippen LogP contribution is -2.40. The summed E-state index contributed by atoms with van der Waals surface area (Å²) in [4.78, 5) is 4.40. The van der Waals surface area contributed by atoms with Gasteiger partial charge in [0.2, 0.25) is 0 Å². The van der Waals surface area contributed by atoms with E-state index in [1.807, 2.05) is 6.92 Å². The van der Waals surface area contributed by atoms with Crippen LogP contribution >= 0.6 is 0 Å². The molecule has 0 aromatic heterocycles. The minimum Gasteiger partial charge on any atom is -0.382 e. The largest absolute Gasteiger partial charge is 0.382 e. The third-order valence-corrected chi connectivity index (χ3v) is 4.68. The fourth-order valence-corrected chi connectivity index (χ4v) is 2.97. The lowest BCUT2D eigenvalue weighted by Gasteiger charge is -2.12. The van der Waals surface area contributed by atoms with Crippen LogP contribution in [0, 0.1) is 0 Å². The molecule has 7 heteroatoms. The number of ether oxygens (including phenoxy) is 1. The van der Waals surface area contributed by atoms with Gasteiger partial charge in [0.1, 0.15) is 0 Å². The number of benzene rings is 1. The quantitative estimate of drug-likeness (QED) is 0.403. The molecule has 0 aliphatic carbocycles. The number of guanidine groups is 1. The molecule has 0 unspecified atom stereocenters. The predicted molar refractivity (Wildman–Crippen MR) is 89.0 cm³/mol. The molecule has 0 fully saturated rings. The van der Waals surface area contributed by atoms with Gasteiger partial charge in [0.05, 0.1) is 10.6 Å². The fourth-order valence-electron chi connectivity index (χ4n) is 1.80. The summed E-state index contributed by atoms with van der Waals surface area (Å²) in [5, 5.41) is 6.12. The fraction of sp³-hybridized carbons (Fsp3) is 0.533. The van der Waals surface area contributed by atoms with E-state index in [-0.39, 0.29) is 5.75 Å². The monoisotopic (exact) mass is 327 g/mol. The SMILES string of the molecule is CCOCCCNC(=NC)NCCS(=O)(=O)c1ccccc1. The van der Waals surface area contributed by atoms with E-state index in [4.69, 9.17) is 4.74 Å². The van der Waals surface area contributed by atoms with Crippen LogP contribution in [0.3, 0.4) is 0 Å². The lowest BCUT2D eigenvalue weighted by atomic mass is 10.4. The highest BCUT2D eigenvalue weighted by Crippen LogP contribution is 2.09. The van der Waals surface area contributed by atoms with Crippen LogP contribution in [0.1, 0.15) is 13.3 Å². The van der Waals surface area contributed by atoms with Gasteiger partial charge < -0.3 is 15.4 Å². The number of sulfone groups is 1. The normalized spacial score (nSPS) is 12.2. The summed E-state index contributed by atoms with van der Waals surface area (Å²) >= 11 is 0. The zero-order valence-electron chi connectivity index (χ0n) is 13.2. The van der Waals surface area contributed by atoms with Crippen molar-refractivity contribution < 1.29 is 13.2 Å². The maximum atomic E-state index is 12.1. The van der Waals surface area contributed by atoms with Crippen molar-refractivity contribution in [2.45, 2.75) is 18.2 Å². The molecule has 0 saturated carbocycles. The number of hydrogen-bond acceptors (Lipinski definition) is 4. The van der Waals surface area contributed by atoms with Gasteiger partial charge in [-0.05, 0) is 25.5 Å². The maximum Gasteiger partial charge on any atom is 0.191 e. The summed E-state index contributed by atoms with van der Waals surface area (Å²) < 4.78 is 29.5. The summed E-state index contributed by atoms with van der Waals surface area (Å²) in [6.45, 7) is 4.40. The molecular formula is C15H25N3O3S. The highest BCUT2D eigenvalue weighted by Gasteiger charge is 2.13. The molecular weight excluding hydrogens is 302 g/mol. The molecule has 0 spiro atoms. The van der Waals surface area contributed by atoms with Crippen LogP contribution in [0.15, 0.2) is 40.2 Å². The van der Waals surface area contributed by atoms with Gasteiger partial charge in [-0.2, -0.15) is 0 Å². The Labute approximate surface area is 132 Å². The van der Waals surface area contributed by atoms with Crippen LogP contribution in [0.5, 0.6) is 0 Å². The van der Waals surface area contributed by atoms with Crippen molar-refractivity contribution in [2.24, 2.45) is 4.99 Å². The molecule has 2 N–H and O–H groups in total. The molecule has 1 aromatic rings. The summed E-state index contributed by atoms with van der Waals surface area (Å²) in [5.74, 6) is 0.621. The van der Waals surface area contributed by atoms with Crippen molar-refractivity contribution in [2.75, 3.05) is 39.1 Å². The van der Waals surface area contributed by atoms with Gasteiger partial charge >= 0.3 is 0 Å². The topological polar surface area (TPSA) is 79.8 Å². The van der Waals surface area contributed by atoms with Crippen LogP contribution in [-0.4, -0.2) is 53.5 Å². The molecule has 0 heterocycles. The van der Waals surface area contributed by atoms with E-state index in [2.05, 4.69) is 15.6 Å². The van der Waals surface area contributed by atoms with E-state index < -0.39 is 9.84 Å². The Balaban J connectivity index is 2.32. The second-order valence-corrected chi connectivity index (χ2v) is 6.72. The van der Waals surface area contributed by atoms with Gasteiger partial charge in [-0.3, -0.25) is 4.99 Å². The Morgan fingerprint density at radius 2 is 1.86 bits per heavy atom. The van der Waals surface area contributed by atoms with Crippen LogP contribution in [0.4, 0.5) is 0 Å². The van der Waals surface area contributed by atoms with Crippen molar-refractivity contribution in [3.8, 4) is 0 Å². The first kappa shape index (κ1) is 18.4. The zero-order chi connectivity index (χ0) is 16.3. The van der Waals surface area contributed by atoms with Crippen molar-refractivity contribution in [3.63, 3.8) is 0 Å². The number of hydrogen-bond donors (Lipinski definition) is 2. The van der Waals surface area contributed by atoms with Gasteiger partial charge in [-0.15, -0.1) is 0 Å². The lowest BCUT2D eigenvalue weighted by molar-refractivity contribution is 0.145. The molecule has 22 heavy (non-hydrogen) atoms. The Morgan fingerprint density at radius 1 is 1.18 bits per heavy atom. The summed E-state index contributed by atoms with van der Waals surface area (Å²) in [6.07, 6.45) is 0.872. The van der Waals surface area contributed by atoms with E-state index in [0.717, 1.165) is 13.0 Å². The molecule has 0 atom stereocenters. The first-order valence-corrected chi connectivity index (χ1v) is 9.05. The predicted octanol–water partition coefficient (Wildman–Crippen LogP) is 1.05. The van der Waals surface area contributed by atoms with Gasteiger partial charge in [0.25, 0.3) is 0 Å². The standard InChI is InChI=1S/C15H25N3O3S/c1-3-21-12-7-10-17-15(16-2)18-11-13-22(19,20)14-8-5-4-6-9-14/h4-6,8-9H,3,7,10-13H2,1-2H3,(H2,16,17,18). The number of nitrogens with one attached hydrogen (secondary N) is 2. The molecule has 0 aliphatic rings. The van der Waals surface area contributed by atoms with Crippen molar-refractivity contribution in [1.29, 1.82) is 0 Å². The van der Waals surface area contributed by atoms with Crippen molar-refractivity contribution >= 4 is 15.8 Å². The third kappa shape index (κ3) is 6.91. The van der Waals surface area contributed by atoms with E-state index in [0.29, 0.717) is 30.6 Å². The minimum absolute atomic E-state index is 0.0245. The molecule has 6 nitrogen and oxygen atoms in total. The molecule has 0 radical (unpaired) electrons. The Kier molecular flexibility index (Phi) is 8.54. The van der Waals surface area contributed by atoms with E-state index >= 15 is 0 Å². The van der Waals surface area contributed by atoms with Crippen LogP contribution < -0.4 is 10.6 Å². The smallest absolute Gasteiger partial charge is 0.191 e. The average molecular weight is 327 g/mol. The first-order valence-electron chi connectivity index (χ1n) is 7.40. The summed E-state index contributed by atoms with van der Waals surface area (Å²) in [5.41, 5.74) is 0. The molecule has 0 bridgehead atoms. The van der Waals surface area contributed by atoms with Crippen LogP contribution in [-0.2, 0) is 14.6 Å². The molecule has 124 valence electrons. The number of aliphatic imine (C=N–C) groups is 1. The highest BCUT2D eigenvalue weighted by atomic mass is 32.2. The molecule has 0 saturated heterocycles. The Hall–Kier alpha value is -1.60. The molecule has 1 aromatic carbocycles. The summed E-state index contributed by atoms with van der Waals surface area (Å²) in [6, 6.07) is 8.45. The van der Waals surface area contributed by atoms with E-state index in [1.54, 1.807) is 37.4 Å². The number of nitrogens with zero attached hydrogens (tertiary/aromatic N) is 1. The molecule has 0 aliphatic heterocycles. The Bertz CT molecular complexity index is 544. The van der Waals surface area contributed by atoms with E-state index in [1.165, 1.54) is 0 Å². The van der Waals surface area contributed by atoms with Gasteiger partial charge in [-0.25, -0.2) is 8.42 Å². The van der Waals surface area contributed by atoms with Gasteiger partial charge in [0.15, 0.2) is 15.8 Å². The minimum atomic E-state index is -3.26. The zero-order valence-corrected chi connectivity index (χ0v) is 14.0. The van der Waals surface area contributed by atoms with Gasteiger partial charge in [-0.1, -0.05) is 18.2 Å². The first-order chi connectivity index (χ1) is 10.6. The second kappa shape index (κ2) is 10.2. The molecule has 1 rings (SSSR count). The Morgan fingerprint density at radius 3 is 2.50 bits per heavy atom. The van der Waals surface area contributed by atoms with Gasteiger partial charge in [0, 0.05) is 33.4 Å². The van der Waals surface area contributed by atoms with E-state index in [9.17, 15) is 8.42 Å². The molecule has 0 amide bonds. The van der Waals surface area contributed by atoms with Crippen LogP contribution in [0.2, 0.25) is 0 Å². The highest BCUT2D eigenvalue weighted by molar-refractivity contribution is 7.91. The maximum absolute atomic E-state index is 12.1. The summed E-state index contributed by atoms with van der Waals surface area (Å²) in [7, 11) is -1.61. The average Bonchev–Trinajstić information content (AvgIpc) is 2.53. The van der Waals surface area contributed by atoms with Crippen LogP contribution in [0.25, 0.3) is 0 Å². The number of rotatable bonds is 9. The van der Waals surface area contributed by atoms with Crippen molar-refractivity contribution in [1.82, 2.24) is 10.6 Å². The third-order valence-electron chi connectivity index (χ3n) is 2.95. The van der Waals surface area contributed by atoms with Crippen molar-refractivity contribution in [3.05, 3.63) is 30.3 Å².